The van der Waals surface area contributed by atoms with Crippen molar-refractivity contribution in [1.29, 1.82) is 0 Å². The SMILES string of the molecule is O=C(CN1CCN(Cc2ccccc2)CC1)NCCOc1ccc2c(c1)CCC(=O)N2. The molecule has 0 radical (unpaired) electrons. The molecule has 0 aromatic heterocycles. The molecule has 7 heteroatoms. The maximum absolute atomic E-state index is 12.3. The summed E-state index contributed by atoms with van der Waals surface area (Å²) in [6.07, 6.45) is 1.24. The van der Waals surface area contributed by atoms with Crippen LogP contribution in [-0.2, 0) is 22.6 Å². The van der Waals surface area contributed by atoms with Crippen molar-refractivity contribution in [3.63, 3.8) is 0 Å². The van der Waals surface area contributed by atoms with Crippen molar-refractivity contribution in [2.75, 3.05) is 51.2 Å². The van der Waals surface area contributed by atoms with Crippen LogP contribution in [0.3, 0.4) is 0 Å². The van der Waals surface area contributed by atoms with Crippen LogP contribution >= 0.6 is 0 Å². The number of aryl methyl sites for hydroxylation is 1. The van der Waals surface area contributed by atoms with E-state index in [4.69, 9.17) is 4.74 Å². The minimum absolute atomic E-state index is 0.0354. The van der Waals surface area contributed by atoms with E-state index in [2.05, 4.69) is 44.7 Å². The van der Waals surface area contributed by atoms with E-state index in [0.29, 0.717) is 26.1 Å². The van der Waals surface area contributed by atoms with Gasteiger partial charge in [-0.2, -0.15) is 0 Å². The average molecular weight is 423 g/mol. The van der Waals surface area contributed by atoms with Crippen LogP contribution in [0.5, 0.6) is 5.75 Å². The van der Waals surface area contributed by atoms with Crippen molar-refractivity contribution in [3.8, 4) is 5.75 Å². The molecule has 2 aromatic carbocycles. The van der Waals surface area contributed by atoms with E-state index in [1.54, 1.807) is 0 Å². The zero-order valence-electron chi connectivity index (χ0n) is 17.8. The molecule has 2 aliphatic heterocycles. The second-order valence-electron chi connectivity index (χ2n) is 8.10. The number of benzene rings is 2. The van der Waals surface area contributed by atoms with Crippen molar-refractivity contribution in [3.05, 3.63) is 59.7 Å². The highest BCUT2D eigenvalue weighted by Gasteiger charge is 2.19. The van der Waals surface area contributed by atoms with Crippen molar-refractivity contribution >= 4 is 17.5 Å². The Morgan fingerprint density at radius 1 is 1.00 bits per heavy atom. The lowest BCUT2D eigenvalue weighted by molar-refractivity contribution is -0.122. The molecule has 164 valence electrons. The molecule has 1 saturated heterocycles. The molecular weight excluding hydrogens is 392 g/mol. The number of piperazine rings is 1. The first kappa shape index (κ1) is 21.3. The maximum Gasteiger partial charge on any atom is 0.234 e. The fraction of sp³-hybridized carbons (Fsp3) is 0.417. The van der Waals surface area contributed by atoms with Gasteiger partial charge in [-0.1, -0.05) is 30.3 Å². The third kappa shape index (κ3) is 6.29. The Hall–Kier alpha value is -2.90. The van der Waals surface area contributed by atoms with Gasteiger partial charge in [-0.25, -0.2) is 0 Å². The first-order chi connectivity index (χ1) is 15.2. The van der Waals surface area contributed by atoms with E-state index in [-0.39, 0.29) is 11.8 Å². The number of hydrogen-bond donors (Lipinski definition) is 2. The highest BCUT2D eigenvalue weighted by atomic mass is 16.5. The minimum atomic E-state index is 0.0354. The lowest BCUT2D eigenvalue weighted by Gasteiger charge is -2.34. The normalized spacial score (nSPS) is 17.0. The summed E-state index contributed by atoms with van der Waals surface area (Å²) >= 11 is 0. The molecule has 0 unspecified atom stereocenters. The number of carbonyl (C=O) groups excluding carboxylic acids is 2. The summed E-state index contributed by atoms with van der Waals surface area (Å²) in [5.41, 5.74) is 3.28. The largest absolute Gasteiger partial charge is 0.492 e. The smallest absolute Gasteiger partial charge is 0.234 e. The standard InChI is InChI=1S/C24H30N4O3/c29-23-9-6-20-16-21(7-8-22(20)26-23)31-15-10-25-24(30)18-28-13-11-27(12-14-28)17-19-4-2-1-3-5-19/h1-5,7-8,16H,6,9-15,17-18H2,(H,25,30)(H,26,29). The Morgan fingerprint density at radius 3 is 2.58 bits per heavy atom. The summed E-state index contributed by atoms with van der Waals surface area (Å²) in [6.45, 7) is 6.05. The minimum Gasteiger partial charge on any atom is -0.492 e. The fourth-order valence-electron chi connectivity index (χ4n) is 4.02. The van der Waals surface area contributed by atoms with E-state index >= 15 is 0 Å². The first-order valence-corrected chi connectivity index (χ1v) is 11.0. The molecule has 0 bridgehead atoms. The van der Waals surface area contributed by atoms with E-state index in [1.807, 2.05) is 24.3 Å². The van der Waals surface area contributed by atoms with Crippen LogP contribution in [0.4, 0.5) is 5.69 Å². The summed E-state index contributed by atoms with van der Waals surface area (Å²) in [7, 11) is 0. The topological polar surface area (TPSA) is 73.9 Å². The fourth-order valence-corrected chi connectivity index (χ4v) is 4.02. The number of fused-ring (bicyclic) bond motifs is 1. The van der Waals surface area contributed by atoms with E-state index in [1.165, 1.54) is 5.56 Å². The Kier molecular flexibility index (Phi) is 7.17. The highest BCUT2D eigenvalue weighted by molar-refractivity contribution is 5.94. The lowest BCUT2D eigenvalue weighted by Crippen LogP contribution is -2.49. The third-order valence-electron chi connectivity index (χ3n) is 5.75. The number of amides is 2. The molecule has 31 heavy (non-hydrogen) atoms. The van der Waals surface area contributed by atoms with Gasteiger partial charge < -0.3 is 15.4 Å². The Bertz CT molecular complexity index is 895. The summed E-state index contributed by atoms with van der Waals surface area (Å²) in [4.78, 5) is 28.3. The third-order valence-corrected chi connectivity index (χ3v) is 5.75. The van der Waals surface area contributed by atoms with Gasteiger partial charge in [-0.05, 0) is 35.7 Å². The number of ether oxygens (including phenoxy) is 1. The van der Waals surface area contributed by atoms with Gasteiger partial charge in [-0.3, -0.25) is 19.4 Å². The first-order valence-electron chi connectivity index (χ1n) is 11.0. The van der Waals surface area contributed by atoms with Gasteiger partial charge >= 0.3 is 0 Å². The maximum atomic E-state index is 12.3. The summed E-state index contributed by atoms with van der Waals surface area (Å²) in [6, 6.07) is 16.2. The van der Waals surface area contributed by atoms with Crippen LogP contribution in [-0.4, -0.2) is 67.5 Å². The van der Waals surface area contributed by atoms with E-state index in [0.717, 1.165) is 56.1 Å². The van der Waals surface area contributed by atoms with Crippen LogP contribution in [0.25, 0.3) is 0 Å². The van der Waals surface area contributed by atoms with Gasteiger partial charge in [0.1, 0.15) is 12.4 Å². The van der Waals surface area contributed by atoms with Gasteiger partial charge in [-0.15, -0.1) is 0 Å². The molecule has 7 nitrogen and oxygen atoms in total. The molecule has 2 aliphatic rings. The number of rotatable bonds is 8. The molecule has 2 heterocycles. The molecule has 2 N–H and O–H groups in total. The Morgan fingerprint density at radius 2 is 1.77 bits per heavy atom. The predicted octanol–water partition coefficient (Wildman–Crippen LogP) is 1.88. The predicted molar refractivity (Wildman–Crippen MR) is 120 cm³/mol. The van der Waals surface area contributed by atoms with Crippen molar-refractivity contribution in [2.45, 2.75) is 19.4 Å². The summed E-state index contributed by atoms with van der Waals surface area (Å²) in [5, 5.41) is 5.81. The van der Waals surface area contributed by atoms with Crippen LogP contribution in [0.1, 0.15) is 17.5 Å². The van der Waals surface area contributed by atoms with Crippen LogP contribution in [0.15, 0.2) is 48.5 Å². The molecule has 2 amide bonds. The molecule has 0 aliphatic carbocycles. The molecule has 0 atom stereocenters. The molecule has 0 spiro atoms. The Labute approximate surface area is 183 Å². The zero-order valence-corrected chi connectivity index (χ0v) is 17.8. The van der Waals surface area contributed by atoms with Crippen LogP contribution in [0, 0.1) is 0 Å². The van der Waals surface area contributed by atoms with E-state index in [9.17, 15) is 9.59 Å². The lowest BCUT2D eigenvalue weighted by atomic mass is 10.0. The average Bonchev–Trinajstić information content (AvgIpc) is 2.79. The number of nitrogens with zero attached hydrogens (tertiary/aromatic N) is 2. The second-order valence-corrected chi connectivity index (χ2v) is 8.10. The van der Waals surface area contributed by atoms with E-state index < -0.39 is 0 Å². The molecule has 4 rings (SSSR count). The second kappa shape index (κ2) is 10.4. The number of nitrogens with one attached hydrogen (secondary N) is 2. The summed E-state index contributed by atoms with van der Waals surface area (Å²) in [5.74, 6) is 0.855. The molecular formula is C24H30N4O3. The van der Waals surface area contributed by atoms with Crippen molar-refractivity contribution in [2.24, 2.45) is 0 Å². The van der Waals surface area contributed by atoms with Crippen molar-refractivity contribution in [1.82, 2.24) is 15.1 Å². The Balaban J connectivity index is 1.11. The van der Waals surface area contributed by atoms with Gasteiger partial charge in [0, 0.05) is 44.8 Å². The highest BCUT2D eigenvalue weighted by Crippen LogP contribution is 2.26. The van der Waals surface area contributed by atoms with Crippen LogP contribution < -0.4 is 15.4 Å². The van der Waals surface area contributed by atoms with Gasteiger partial charge in [0.25, 0.3) is 0 Å². The molecule has 1 fully saturated rings. The summed E-state index contributed by atoms with van der Waals surface area (Å²) < 4.78 is 5.76. The van der Waals surface area contributed by atoms with Crippen LogP contribution in [0.2, 0.25) is 0 Å². The van der Waals surface area contributed by atoms with Gasteiger partial charge in [0.15, 0.2) is 0 Å². The molecule has 2 aromatic rings. The monoisotopic (exact) mass is 422 g/mol. The number of hydrogen-bond acceptors (Lipinski definition) is 5. The molecule has 0 saturated carbocycles. The zero-order chi connectivity index (χ0) is 21.5. The van der Waals surface area contributed by atoms with Gasteiger partial charge in [0.05, 0.1) is 13.1 Å². The van der Waals surface area contributed by atoms with Crippen molar-refractivity contribution < 1.29 is 14.3 Å². The number of carbonyl (C=O) groups is 2. The number of anilines is 1. The quantitative estimate of drug-likeness (QED) is 0.636. The van der Waals surface area contributed by atoms with Gasteiger partial charge in [0.2, 0.25) is 11.8 Å².